The minimum absolute atomic E-state index is 0.128. The maximum Gasteiger partial charge on any atom is 0.474 e. The molecule has 0 spiro atoms. The van der Waals surface area contributed by atoms with Crippen molar-refractivity contribution in [2.24, 2.45) is 16.9 Å². The van der Waals surface area contributed by atoms with Gasteiger partial charge >= 0.3 is 19.9 Å². The summed E-state index contributed by atoms with van der Waals surface area (Å²) in [7, 11) is -5.85. The number of carboxylic acid groups (broad SMARTS) is 1. The Hall–Kier alpha value is -6.16. The van der Waals surface area contributed by atoms with E-state index in [4.69, 9.17) is 72.6 Å². The molecule has 5 amide bonds. The molecule has 6 rings (SSSR count). The Balaban J connectivity index is 1.25. The van der Waals surface area contributed by atoms with E-state index in [0.717, 1.165) is 64.0 Å². The van der Waals surface area contributed by atoms with Gasteiger partial charge < -0.3 is 146 Å². The molecule has 5 saturated heterocycles. The van der Waals surface area contributed by atoms with E-state index in [1.807, 2.05) is 6.08 Å². The molecule has 5 aliphatic heterocycles. The van der Waals surface area contributed by atoms with Gasteiger partial charge in [0.25, 0.3) is 5.91 Å². The number of phosphoric acid groups is 1. The number of primary amides is 2. The number of hydrogen-bond acceptors (Lipinski definition) is 32. The number of aliphatic hydroxyl groups excluding tert-OH is 10. The van der Waals surface area contributed by atoms with Gasteiger partial charge in [-0.1, -0.05) is 73.1 Å². The molecule has 0 saturated carbocycles. The van der Waals surface area contributed by atoms with Crippen molar-refractivity contribution < 1.29 is 165 Å². The molecular weight excluding hydrogens is 1470 g/mol. The van der Waals surface area contributed by atoms with Crippen molar-refractivity contribution in [2.75, 3.05) is 26.4 Å². The molecule has 2 unspecified atom stereocenters. The average molecular weight is 1580 g/mol. The second-order valence-electron chi connectivity index (χ2n) is 28.9. The molecule has 0 aromatic carbocycles. The Labute approximate surface area is 628 Å². The molecule has 6 aliphatic rings. The highest BCUT2D eigenvalue weighted by Crippen LogP contribution is 2.49. The van der Waals surface area contributed by atoms with Crippen molar-refractivity contribution >= 4 is 49.3 Å². The standard InChI is InChI=1S/C69H108N5O34P/c1-30(2)15-14-17-31(3)18-19-33(5)22-25-68(9,10)24-13-12-16-32(4)23-26-96-41(61(90)91)29-98-109(94,95)108-66-56(57(107-67(71)92)69(11,93)58(106-66)59(70)88)105-63-44(73-36(8)77)47(82)54(40(101-63)28-97-64-51(86)48(83)45(80)39(27-75)100-64)103-62-43(72-35(7)76)46(81)53(34(6)99-62)102-65-52(87)49(84)50(85)55(104-65)60(89)74-42-37(78)20-21-38(42)79/h13,15,18,23-24,34,39-41,43-58,62-66,75,78,80-87,93H,5,12,14,16-17,19-22,25-29H2,1-4,6-11H3,(H2,70,88)(H2,71,92)(H,72,76)(H,73,77)(H,74,89)(H,90,91)(H,94,95)/b24-13+,31-18+,32-23+/t34?,39-,40-,41-,43-,44-,45-,46-,47-,48+,49+,50-,51-,52-,53-,54-,55+,56-,57-,58-,62+,63+,64-,65-,66-,69+/m1/s1. The van der Waals surface area contributed by atoms with Crippen LogP contribution in [0.25, 0.3) is 0 Å². The van der Waals surface area contributed by atoms with Crippen LogP contribution < -0.4 is 27.4 Å². The number of aliphatic carboxylic acids is 1. The number of ketones is 1. The van der Waals surface area contributed by atoms with E-state index in [2.05, 4.69) is 75.4 Å². The Kier molecular flexibility index (Phi) is 34.1. The number of Topliss-reactive ketones (excluding diaryl/α,β-unsaturated/α-hetero) is 1. The predicted octanol–water partition coefficient (Wildman–Crippen LogP) is -2.03. The quantitative estimate of drug-likeness (QED) is 0.0236. The number of allylic oxidation sites excluding steroid dienone is 10. The molecule has 1 aliphatic carbocycles. The molecular formula is C69H108N5O34P. The van der Waals surface area contributed by atoms with Crippen LogP contribution in [0, 0.1) is 5.41 Å². The van der Waals surface area contributed by atoms with Crippen molar-refractivity contribution in [3.05, 3.63) is 70.7 Å². The van der Waals surface area contributed by atoms with E-state index in [9.17, 15) is 104 Å². The fraction of sp³-hybridized carbons (Fsp3) is 0.725. The molecule has 0 aromatic rings. The van der Waals surface area contributed by atoms with Gasteiger partial charge in [-0.2, -0.15) is 0 Å². The van der Waals surface area contributed by atoms with Crippen molar-refractivity contribution in [1.82, 2.24) is 16.0 Å². The van der Waals surface area contributed by atoms with Crippen LogP contribution >= 0.6 is 7.82 Å². The van der Waals surface area contributed by atoms with Gasteiger partial charge in [-0.3, -0.25) is 33.0 Å². The van der Waals surface area contributed by atoms with E-state index < -0.39 is 240 Å². The van der Waals surface area contributed by atoms with Crippen LogP contribution in [0.5, 0.6) is 0 Å². The monoisotopic (exact) mass is 1580 g/mol. The molecule has 0 aromatic heterocycles. The van der Waals surface area contributed by atoms with Gasteiger partial charge in [0, 0.05) is 26.7 Å². The lowest BCUT2D eigenvalue weighted by Crippen LogP contribution is -2.72. The van der Waals surface area contributed by atoms with Crippen molar-refractivity contribution in [3.63, 3.8) is 0 Å². The lowest BCUT2D eigenvalue weighted by molar-refractivity contribution is -0.375. The molecule has 27 atom stereocenters. The molecule has 20 N–H and O–H groups in total. The minimum atomic E-state index is -5.85. The van der Waals surface area contributed by atoms with Crippen LogP contribution in [-0.4, -0.2) is 293 Å². The number of nitrogens with one attached hydrogen (secondary N) is 3. The topological polar surface area (TPSA) is 608 Å². The van der Waals surface area contributed by atoms with Crippen molar-refractivity contribution in [3.8, 4) is 0 Å². The van der Waals surface area contributed by atoms with E-state index in [-0.39, 0.29) is 24.9 Å². The predicted molar refractivity (Wildman–Crippen MR) is 372 cm³/mol. The summed E-state index contributed by atoms with van der Waals surface area (Å²) in [4.78, 5) is 102. The molecule has 5 fully saturated rings. The maximum absolute atomic E-state index is 14.1. The lowest BCUT2D eigenvalue weighted by Gasteiger charge is -2.52. The number of hydrogen-bond donors (Lipinski definition) is 18. The summed E-state index contributed by atoms with van der Waals surface area (Å²) >= 11 is 0. The number of carbonyl (C=O) groups is 7. The summed E-state index contributed by atoms with van der Waals surface area (Å²) in [6.07, 6.45) is -35.4. The van der Waals surface area contributed by atoms with Gasteiger partial charge in [-0.05, 0) is 91.9 Å². The average Bonchev–Trinajstić information content (AvgIpc) is 1.80. The molecule has 618 valence electrons. The van der Waals surface area contributed by atoms with Gasteiger partial charge in [-0.15, -0.1) is 0 Å². The van der Waals surface area contributed by atoms with Gasteiger partial charge in [-0.25, -0.2) is 14.2 Å². The number of phosphoric ester groups is 1. The van der Waals surface area contributed by atoms with E-state index >= 15 is 0 Å². The number of aliphatic hydroxyl groups is 11. The summed E-state index contributed by atoms with van der Waals surface area (Å²) in [6.45, 7) is 16.8. The fourth-order valence-electron chi connectivity index (χ4n) is 12.6. The molecule has 0 bridgehead atoms. The maximum atomic E-state index is 14.1. The van der Waals surface area contributed by atoms with Crippen LogP contribution in [0.2, 0.25) is 0 Å². The lowest BCUT2D eigenvalue weighted by atomic mass is 9.85. The Bertz CT molecular complexity index is 3360. The number of carboxylic acids is 1. The Morgan fingerprint density at radius 1 is 0.716 bits per heavy atom. The first kappa shape index (κ1) is 91.7. The summed E-state index contributed by atoms with van der Waals surface area (Å²) in [5.74, 6) is -7.66. The van der Waals surface area contributed by atoms with Crippen LogP contribution in [0.15, 0.2) is 70.7 Å². The van der Waals surface area contributed by atoms with Crippen molar-refractivity contribution in [2.45, 2.75) is 286 Å². The highest BCUT2D eigenvalue weighted by Gasteiger charge is 2.62. The third-order valence-corrected chi connectivity index (χ3v) is 19.9. The highest BCUT2D eigenvalue weighted by molar-refractivity contribution is 7.47. The number of rotatable bonds is 37. The van der Waals surface area contributed by atoms with E-state index in [1.165, 1.54) is 18.1 Å². The number of carbonyl (C=O) groups excluding carboxylic acids is 6. The van der Waals surface area contributed by atoms with Gasteiger partial charge in [0.2, 0.25) is 17.7 Å². The molecule has 0 radical (unpaired) electrons. The largest absolute Gasteiger partial charge is 0.510 e. The SMILES string of the molecule is C=C(C/C=C(\C)CCC=C(C)C)CCC(C)(C)/C=C/CC/C(C)=C/CO[C@H](COP(=O)(O)O[C@H]1O[C@H](C(N)=O)[C@@](C)(O)[C@H](OC(N)=O)[C@H]1O[C@@H]1O[C@H](CO[C@@H]2O[C@H](CO)[C@@H](O)[C@H](O)[C@H]2O)[C@@H](O[C@@H]2OC(C)[C@@H](O[C@@H]3O[C@H](C(=O)NC4=C(O)CCC4=O)[C@H](O)[C@H](O)[C@H]3O)[C@H](O)[C@H]2NC(C)=O)[C@H](O)[C@H]1NC(C)=O)C(=O)O. The summed E-state index contributed by atoms with van der Waals surface area (Å²) in [5, 5.41) is 139. The summed E-state index contributed by atoms with van der Waals surface area (Å²) < 4.78 is 88.9. The molecule has 39 nitrogen and oxygen atoms in total. The number of ether oxygens (including phenoxy) is 11. The van der Waals surface area contributed by atoms with Crippen LogP contribution in [0.3, 0.4) is 0 Å². The fourth-order valence-corrected chi connectivity index (χ4v) is 13.5. The molecule has 109 heavy (non-hydrogen) atoms. The zero-order valence-corrected chi connectivity index (χ0v) is 63.1. The van der Waals surface area contributed by atoms with E-state index in [1.54, 1.807) is 13.0 Å². The van der Waals surface area contributed by atoms with Gasteiger partial charge in [0.15, 0.2) is 67.8 Å². The Morgan fingerprint density at radius 2 is 1.29 bits per heavy atom. The third kappa shape index (κ3) is 25.4. The normalized spacial score (nSPS) is 35.6. The summed E-state index contributed by atoms with van der Waals surface area (Å²) in [6, 6.07) is -4.00. The third-order valence-electron chi connectivity index (χ3n) is 18.9. The first-order chi connectivity index (χ1) is 50.9. The molecule has 40 heteroatoms. The van der Waals surface area contributed by atoms with Gasteiger partial charge in [0.05, 0.1) is 32.5 Å². The first-order valence-electron chi connectivity index (χ1n) is 35.4. The van der Waals surface area contributed by atoms with Crippen LogP contribution in [-0.2, 0) is 94.5 Å². The highest BCUT2D eigenvalue weighted by atomic mass is 31.2. The zero-order chi connectivity index (χ0) is 81.5. The number of amides is 5. The Morgan fingerprint density at radius 3 is 1.88 bits per heavy atom. The van der Waals surface area contributed by atoms with Crippen LogP contribution in [0.4, 0.5) is 4.79 Å². The zero-order valence-electron chi connectivity index (χ0n) is 62.2. The second-order valence-corrected chi connectivity index (χ2v) is 30.3. The first-order valence-corrected chi connectivity index (χ1v) is 36.9. The van der Waals surface area contributed by atoms with E-state index in [0.29, 0.717) is 12.8 Å². The molecule has 5 heterocycles. The minimum Gasteiger partial charge on any atom is -0.510 e. The number of nitrogens with two attached hydrogens (primary N) is 2. The van der Waals surface area contributed by atoms with Crippen molar-refractivity contribution in [1.29, 1.82) is 0 Å². The second kappa shape index (κ2) is 40.5. The van der Waals surface area contributed by atoms with Gasteiger partial charge in [0.1, 0.15) is 102 Å². The smallest absolute Gasteiger partial charge is 0.474 e. The summed E-state index contributed by atoms with van der Waals surface area (Å²) in [5.41, 5.74) is 12.0. The van der Waals surface area contributed by atoms with Crippen LogP contribution in [0.1, 0.15) is 127 Å².